The number of hydrogen-bond donors (Lipinski definition) is 2. The molecule has 0 unspecified atom stereocenters. The molecule has 2 rings (SSSR count). The van der Waals surface area contributed by atoms with Crippen molar-refractivity contribution in [1.29, 1.82) is 0 Å². The van der Waals surface area contributed by atoms with Gasteiger partial charge in [0.2, 0.25) is 5.91 Å². The zero-order valence-electron chi connectivity index (χ0n) is 12.7. The SMILES string of the molecule is COc1ccc(CCCC(=O)NCc2nc(C(=O)O)cs2)cc1. The second-order valence-corrected chi connectivity index (χ2v) is 5.85. The molecule has 0 aliphatic carbocycles. The predicted octanol–water partition coefficient (Wildman–Crippen LogP) is 2.49. The summed E-state index contributed by atoms with van der Waals surface area (Å²) in [7, 11) is 1.63. The van der Waals surface area contributed by atoms with Gasteiger partial charge in [-0.15, -0.1) is 11.3 Å². The summed E-state index contributed by atoms with van der Waals surface area (Å²) >= 11 is 1.23. The van der Waals surface area contributed by atoms with Crippen LogP contribution >= 0.6 is 11.3 Å². The van der Waals surface area contributed by atoms with Crippen LogP contribution in [0.2, 0.25) is 0 Å². The molecule has 1 amide bonds. The summed E-state index contributed by atoms with van der Waals surface area (Å²) in [6.45, 7) is 0.263. The topological polar surface area (TPSA) is 88.5 Å². The summed E-state index contributed by atoms with van der Waals surface area (Å²) in [5.74, 6) is -0.306. The number of aryl methyl sites for hydroxylation is 1. The average Bonchev–Trinajstić information content (AvgIpc) is 3.03. The van der Waals surface area contributed by atoms with E-state index in [9.17, 15) is 9.59 Å². The minimum atomic E-state index is -1.06. The van der Waals surface area contributed by atoms with E-state index in [0.717, 1.165) is 24.2 Å². The van der Waals surface area contributed by atoms with E-state index >= 15 is 0 Å². The first-order chi connectivity index (χ1) is 11.1. The number of carboxylic acids is 1. The first-order valence-corrected chi connectivity index (χ1v) is 8.04. The van der Waals surface area contributed by atoms with E-state index in [1.54, 1.807) is 7.11 Å². The van der Waals surface area contributed by atoms with E-state index < -0.39 is 5.97 Å². The lowest BCUT2D eigenvalue weighted by molar-refractivity contribution is -0.121. The Labute approximate surface area is 138 Å². The number of rotatable bonds is 8. The maximum Gasteiger partial charge on any atom is 0.355 e. The fourth-order valence-electron chi connectivity index (χ4n) is 2.00. The van der Waals surface area contributed by atoms with Gasteiger partial charge in [-0.3, -0.25) is 4.79 Å². The van der Waals surface area contributed by atoms with E-state index in [-0.39, 0.29) is 18.1 Å². The van der Waals surface area contributed by atoms with Gasteiger partial charge in [0.25, 0.3) is 0 Å². The second kappa shape index (κ2) is 8.28. The third-order valence-corrected chi connectivity index (χ3v) is 4.08. The molecule has 6 nitrogen and oxygen atoms in total. The summed E-state index contributed by atoms with van der Waals surface area (Å²) in [4.78, 5) is 26.4. The second-order valence-electron chi connectivity index (χ2n) is 4.91. The lowest BCUT2D eigenvalue weighted by Crippen LogP contribution is -2.22. The molecule has 0 fully saturated rings. The summed E-state index contributed by atoms with van der Waals surface area (Å²) in [5.41, 5.74) is 1.17. The van der Waals surface area contributed by atoms with Gasteiger partial charge in [0.15, 0.2) is 5.69 Å². The minimum Gasteiger partial charge on any atom is -0.497 e. The maximum atomic E-state index is 11.8. The molecular formula is C16H18N2O4S. The Morgan fingerprint density at radius 2 is 2.04 bits per heavy atom. The van der Waals surface area contributed by atoms with Crippen molar-refractivity contribution in [2.45, 2.75) is 25.8 Å². The largest absolute Gasteiger partial charge is 0.497 e. The van der Waals surface area contributed by atoms with Crippen molar-refractivity contribution in [3.63, 3.8) is 0 Å². The molecule has 1 aromatic carbocycles. The van der Waals surface area contributed by atoms with Crippen LogP contribution in [0, 0.1) is 0 Å². The Hall–Kier alpha value is -2.41. The van der Waals surface area contributed by atoms with Crippen LogP contribution in [0.15, 0.2) is 29.6 Å². The highest BCUT2D eigenvalue weighted by Crippen LogP contribution is 2.13. The molecule has 0 aliphatic heterocycles. The number of thiazole rings is 1. The highest BCUT2D eigenvalue weighted by atomic mass is 32.1. The van der Waals surface area contributed by atoms with Crippen LogP contribution in [0.3, 0.4) is 0 Å². The standard InChI is InChI=1S/C16H18N2O4S/c1-22-12-7-5-11(6-8-12)3-2-4-14(19)17-9-15-18-13(10-23-15)16(20)21/h5-8,10H,2-4,9H2,1H3,(H,17,19)(H,20,21). The molecule has 0 radical (unpaired) electrons. The molecule has 122 valence electrons. The number of carbonyl (C=O) groups excluding carboxylic acids is 1. The van der Waals surface area contributed by atoms with Crippen molar-refractivity contribution in [1.82, 2.24) is 10.3 Å². The van der Waals surface area contributed by atoms with Crippen molar-refractivity contribution >= 4 is 23.2 Å². The van der Waals surface area contributed by atoms with Gasteiger partial charge in [-0.25, -0.2) is 9.78 Å². The molecule has 0 bridgehead atoms. The number of nitrogens with one attached hydrogen (secondary N) is 1. The molecule has 1 aromatic heterocycles. The highest BCUT2D eigenvalue weighted by Gasteiger charge is 2.09. The third-order valence-electron chi connectivity index (χ3n) is 3.24. The Kier molecular flexibility index (Phi) is 6.10. The van der Waals surface area contributed by atoms with Crippen LogP contribution in [-0.4, -0.2) is 29.1 Å². The van der Waals surface area contributed by atoms with Gasteiger partial charge >= 0.3 is 5.97 Å². The molecule has 2 aromatic rings. The van der Waals surface area contributed by atoms with Crippen LogP contribution in [0.25, 0.3) is 0 Å². The first-order valence-electron chi connectivity index (χ1n) is 7.16. The average molecular weight is 334 g/mol. The number of aromatic nitrogens is 1. The molecule has 0 saturated heterocycles. The Morgan fingerprint density at radius 1 is 1.30 bits per heavy atom. The van der Waals surface area contributed by atoms with Gasteiger partial charge in [0.1, 0.15) is 10.8 Å². The summed E-state index contributed by atoms with van der Waals surface area (Å²) < 4.78 is 5.10. The van der Waals surface area contributed by atoms with Gasteiger partial charge in [-0.2, -0.15) is 0 Å². The number of aromatic carboxylic acids is 1. The van der Waals surface area contributed by atoms with Gasteiger partial charge < -0.3 is 15.2 Å². The maximum absolute atomic E-state index is 11.8. The van der Waals surface area contributed by atoms with E-state index in [0.29, 0.717) is 11.4 Å². The zero-order valence-corrected chi connectivity index (χ0v) is 13.6. The fourth-order valence-corrected chi connectivity index (χ4v) is 2.71. The number of methoxy groups -OCH3 is 1. The van der Waals surface area contributed by atoms with E-state index in [1.165, 1.54) is 16.7 Å². The number of amides is 1. The lowest BCUT2D eigenvalue weighted by Gasteiger charge is -2.05. The normalized spacial score (nSPS) is 10.3. The van der Waals surface area contributed by atoms with Gasteiger partial charge in [0, 0.05) is 11.8 Å². The van der Waals surface area contributed by atoms with Crippen LogP contribution in [0.1, 0.15) is 33.9 Å². The lowest BCUT2D eigenvalue weighted by atomic mass is 10.1. The van der Waals surface area contributed by atoms with Crippen LogP contribution in [-0.2, 0) is 17.8 Å². The molecular weight excluding hydrogens is 316 g/mol. The zero-order chi connectivity index (χ0) is 16.7. The van der Waals surface area contributed by atoms with Gasteiger partial charge in [0.05, 0.1) is 13.7 Å². The number of hydrogen-bond acceptors (Lipinski definition) is 5. The summed E-state index contributed by atoms with van der Waals surface area (Å²) in [6, 6.07) is 7.77. The van der Waals surface area contributed by atoms with Crippen LogP contribution in [0.5, 0.6) is 5.75 Å². The predicted molar refractivity (Wildman–Crippen MR) is 86.9 cm³/mol. The van der Waals surface area contributed by atoms with Crippen molar-refractivity contribution in [3.8, 4) is 5.75 Å². The van der Waals surface area contributed by atoms with E-state index in [4.69, 9.17) is 9.84 Å². The minimum absolute atomic E-state index is 0.0127. The van der Waals surface area contributed by atoms with Crippen LogP contribution in [0.4, 0.5) is 0 Å². The Morgan fingerprint density at radius 3 is 2.65 bits per heavy atom. The molecule has 0 spiro atoms. The van der Waals surface area contributed by atoms with Gasteiger partial charge in [-0.05, 0) is 30.5 Å². The number of benzene rings is 1. The van der Waals surface area contributed by atoms with Crippen molar-refractivity contribution < 1.29 is 19.4 Å². The molecule has 2 N–H and O–H groups in total. The van der Waals surface area contributed by atoms with E-state index in [2.05, 4.69) is 10.3 Å². The number of ether oxygens (including phenoxy) is 1. The van der Waals surface area contributed by atoms with Gasteiger partial charge in [-0.1, -0.05) is 12.1 Å². The molecule has 0 atom stereocenters. The number of nitrogens with zero attached hydrogens (tertiary/aromatic N) is 1. The van der Waals surface area contributed by atoms with E-state index in [1.807, 2.05) is 24.3 Å². The monoisotopic (exact) mass is 334 g/mol. The molecule has 7 heteroatoms. The number of carboxylic acid groups (broad SMARTS) is 1. The molecule has 1 heterocycles. The molecule has 23 heavy (non-hydrogen) atoms. The third kappa shape index (κ3) is 5.37. The van der Waals surface area contributed by atoms with Crippen molar-refractivity contribution in [2.75, 3.05) is 7.11 Å². The highest BCUT2D eigenvalue weighted by molar-refractivity contribution is 7.09. The van der Waals surface area contributed by atoms with Crippen molar-refractivity contribution in [3.05, 3.63) is 45.9 Å². The number of carbonyl (C=O) groups is 2. The summed E-state index contributed by atoms with van der Waals surface area (Å²) in [6.07, 6.45) is 1.98. The van der Waals surface area contributed by atoms with Crippen molar-refractivity contribution in [2.24, 2.45) is 0 Å². The van der Waals surface area contributed by atoms with Crippen LogP contribution < -0.4 is 10.1 Å². The Balaban J connectivity index is 1.69. The quantitative estimate of drug-likeness (QED) is 0.774. The Bertz CT molecular complexity index is 667. The smallest absolute Gasteiger partial charge is 0.355 e. The fraction of sp³-hybridized carbons (Fsp3) is 0.312. The molecule has 0 aliphatic rings. The molecule has 0 saturated carbocycles. The summed E-state index contributed by atoms with van der Waals surface area (Å²) in [5, 5.41) is 13.6. The first kappa shape index (κ1) is 17.0.